The van der Waals surface area contributed by atoms with E-state index in [1.54, 1.807) is 7.11 Å². The maximum atomic E-state index is 10.7. The number of ether oxygens (including phenoxy) is 1. The third-order valence-corrected chi connectivity index (χ3v) is 3.86. The topological polar surface area (TPSA) is 29.5 Å². The number of anilines is 1. The summed E-state index contributed by atoms with van der Waals surface area (Å²) in [7, 11) is 1.77. The van der Waals surface area contributed by atoms with Crippen LogP contribution >= 0.6 is 15.9 Å². The molecule has 0 aromatic heterocycles. The van der Waals surface area contributed by atoms with Crippen molar-refractivity contribution >= 4 is 27.9 Å². The second-order valence-corrected chi connectivity index (χ2v) is 5.11. The zero-order valence-corrected chi connectivity index (χ0v) is 11.4. The molecule has 17 heavy (non-hydrogen) atoms. The second kappa shape index (κ2) is 5.65. The first kappa shape index (κ1) is 12.6. The average Bonchev–Trinajstić information content (AvgIpc) is 2.39. The number of nitrogens with zero attached hydrogens (tertiary/aromatic N) is 1. The second-order valence-electron chi connectivity index (χ2n) is 4.25. The van der Waals surface area contributed by atoms with Gasteiger partial charge < -0.3 is 9.64 Å². The maximum Gasteiger partial charge on any atom is 0.150 e. The van der Waals surface area contributed by atoms with Crippen molar-refractivity contribution in [3.63, 3.8) is 0 Å². The van der Waals surface area contributed by atoms with Crippen LogP contribution in [0.2, 0.25) is 0 Å². The Hall–Kier alpha value is -0.870. The fourth-order valence-corrected chi connectivity index (χ4v) is 2.83. The molecular weight excluding hydrogens is 282 g/mol. The van der Waals surface area contributed by atoms with Crippen LogP contribution in [0, 0.1) is 0 Å². The van der Waals surface area contributed by atoms with Gasteiger partial charge in [0.15, 0.2) is 0 Å². The predicted octanol–water partition coefficient (Wildman–Crippen LogP) is 2.88. The summed E-state index contributed by atoms with van der Waals surface area (Å²) in [6, 6.07) is 5.72. The van der Waals surface area contributed by atoms with E-state index < -0.39 is 0 Å². The first-order valence-corrected chi connectivity index (χ1v) is 6.56. The lowest BCUT2D eigenvalue weighted by atomic mass is 10.1. The van der Waals surface area contributed by atoms with E-state index >= 15 is 0 Å². The van der Waals surface area contributed by atoms with Gasteiger partial charge in [-0.25, -0.2) is 0 Å². The van der Waals surface area contributed by atoms with Crippen molar-refractivity contribution in [2.45, 2.75) is 18.9 Å². The van der Waals surface area contributed by atoms with Crippen LogP contribution < -0.4 is 4.90 Å². The van der Waals surface area contributed by atoms with Gasteiger partial charge >= 0.3 is 0 Å². The van der Waals surface area contributed by atoms with Crippen LogP contribution in [0.15, 0.2) is 22.7 Å². The lowest BCUT2D eigenvalue weighted by molar-refractivity contribution is 0.0819. The smallest absolute Gasteiger partial charge is 0.150 e. The van der Waals surface area contributed by atoms with E-state index in [1.165, 1.54) is 0 Å². The minimum atomic E-state index is 0.388. The standard InChI is InChI=1S/C13H16BrNO2/c1-17-11-4-6-15(7-5-11)13-3-2-10(9-16)8-12(13)14/h2-3,8-9,11H,4-7H2,1H3. The van der Waals surface area contributed by atoms with Crippen LogP contribution in [0.5, 0.6) is 0 Å². The summed E-state index contributed by atoms with van der Waals surface area (Å²) >= 11 is 3.52. The molecule has 3 nitrogen and oxygen atoms in total. The number of methoxy groups -OCH3 is 1. The third-order valence-electron chi connectivity index (χ3n) is 3.22. The molecule has 1 aliphatic heterocycles. The SMILES string of the molecule is COC1CCN(c2ccc(C=O)cc2Br)CC1. The highest BCUT2D eigenvalue weighted by molar-refractivity contribution is 9.10. The van der Waals surface area contributed by atoms with Gasteiger partial charge in [-0.15, -0.1) is 0 Å². The molecule has 0 N–H and O–H groups in total. The Bertz CT molecular complexity index is 400. The molecule has 1 fully saturated rings. The van der Waals surface area contributed by atoms with E-state index in [9.17, 15) is 4.79 Å². The minimum absolute atomic E-state index is 0.388. The summed E-state index contributed by atoms with van der Waals surface area (Å²) in [6.45, 7) is 2.00. The molecule has 0 aliphatic carbocycles. The lowest BCUT2D eigenvalue weighted by Gasteiger charge is -2.33. The fourth-order valence-electron chi connectivity index (χ4n) is 2.19. The Kier molecular flexibility index (Phi) is 4.18. The zero-order valence-electron chi connectivity index (χ0n) is 9.86. The Morgan fingerprint density at radius 2 is 2.12 bits per heavy atom. The summed E-state index contributed by atoms with van der Waals surface area (Å²) in [5.74, 6) is 0. The van der Waals surface area contributed by atoms with Crippen molar-refractivity contribution in [2.24, 2.45) is 0 Å². The van der Waals surface area contributed by atoms with Crippen LogP contribution in [0.1, 0.15) is 23.2 Å². The Labute approximate surface area is 110 Å². The van der Waals surface area contributed by atoms with Gasteiger partial charge in [0.25, 0.3) is 0 Å². The van der Waals surface area contributed by atoms with Crippen molar-refractivity contribution in [3.05, 3.63) is 28.2 Å². The molecule has 1 aliphatic rings. The molecule has 0 unspecified atom stereocenters. The van der Waals surface area contributed by atoms with Crippen molar-refractivity contribution in [1.82, 2.24) is 0 Å². The van der Waals surface area contributed by atoms with E-state index in [-0.39, 0.29) is 0 Å². The summed E-state index contributed by atoms with van der Waals surface area (Å²) in [6.07, 6.45) is 3.36. The van der Waals surface area contributed by atoms with E-state index in [0.717, 1.165) is 42.4 Å². The van der Waals surface area contributed by atoms with Crippen molar-refractivity contribution < 1.29 is 9.53 Å². The molecule has 1 aromatic rings. The number of hydrogen-bond donors (Lipinski definition) is 0. The highest BCUT2D eigenvalue weighted by Gasteiger charge is 2.20. The van der Waals surface area contributed by atoms with Crippen LogP contribution in [-0.2, 0) is 4.74 Å². The fraction of sp³-hybridized carbons (Fsp3) is 0.462. The summed E-state index contributed by atoms with van der Waals surface area (Å²) < 4.78 is 6.34. The molecule has 4 heteroatoms. The zero-order chi connectivity index (χ0) is 12.3. The highest BCUT2D eigenvalue weighted by Crippen LogP contribution is 2.29. The third kappa shape index (κ3) is 2.87. The minimum Gasteiger partial charge on any atom is -0.381 e. The summed E-state index contributed by atoms with van der Waals surface area (Å²) in [5.41, 5.74) is 1.86. The normalized spacial score (nSPS) is 17.2. The largest absolute Gasteiger partial charge is 0.381 e. The van der Waals surface area contributed by atoms with Gasteiger partial charge in [0.1, 0.15) is 6.29 Å². The van der Waals surface area contributed by atoms with E-state index in [0.29, 0.717) is 11.7 Å². The summed E-state index contributed by atoms with van der Waals surface area (Å²) in [4.78, 5) is 13.0. The number of carbonyl (C=O) groups is 1. The molecule has 0 atom stereocenters. The predicted molar refractivity (Wildman–Crippen MR) is 71.8 cm³/mol. The lowest BCUT2D eigenvalue weighted by Crippen LogP contribution is -2.36. The molecule has 1 saturated heterocycles. The number of carbonyl (C=O) groups excluding carboxylic acids is 1. The Balaban J connectivity index is 2.10. The molecule has 1 aromatic carbocycles. The van der Waals surface area contributed by atoms with E-state index in [4.69, 9.17) is 4.74 Å². The van der Waals surface area contributed by atoms with Crippen molar-refractivity contribution in [2.75, 3.05) is 25.1 Å². The molecule has 0 radical (unpaired) electrons. The van der Waals surface area contributed by atoms with Crippen LogP contribution in [-0.4, -0.2) is 32.6 Å². The first-order chi connectivity index (χ1) is 8.24. The van der Waals surface area contributed by atoms with Gasteiger partial charge in [-0.05, 0) is 47.0 Å². The number of piperidine rings is 1. The van der Waals surface area contributed by atoms with E-state index in [1.807, 2.05) is 18.2 Å². The van der Waals surface area contributed by atoms with Gasteiger partial charge in [-0.1, -0.05) is 0 Å². The van der Waals surface area contributed by atoms with E-state index in [2.05, 4.69) is 20.8 Å². The number of rotatable bonds is 3. The van der Waals surface area contributed by atoms with Crippen LogP contribution in [0.4, 0.5) is 5.69 Å². The van der Waals surface area contributed by atoms with Crippen molar-refractivity contribution in [1.29, 1.82) is 0 Å². The molecule has 0 spiro atoms. The molecule has 0 saturated carbocycles. The quantitative estimate of drug-likeness (QED) is 0.804. The highest BCUT2D eigenvalue weighted by atomic mass is 79.9. The average molecular weight is 298 g/mol. The molecule has 92 valence electrons. The van der Waals surface area contributed by atoms with Gasteiger partial charge in [-0.2, -0.15) is 0 Å². The van der Waals surface area contributed by atoms with Crippen molar-refractivity contribution in [3.8, 4) is 0 Å². The maximum absolute atomic E-state index is 10.7. The number of hydrogen-bond acceptors (Lipinski definition) is 3. The van der Waals surface area contributed by atoms with Gasteiger partial charge in [0.2, 0.25) is 0 Å². The number of aldehydes is 1. The van der Waals surface area contributed by atoms with Gasteiger partial charge in [0.05, 0.1) is 11.8 Å². The number of benzene rings is 1. The molecule has 2 rings (SSSR count). The van der Waals surface area contributed by atoms with Crippen LogP contribution in [0.3, 0.4) is 0 Å². The van der Waals surface area contributed by atoms with Gasteiger partial charge in [-0.3, -0.25) is 4.79 Å². The molecule has 1 heterocycles. The first-order valence-electron chi connectivity index (χ1n) is 5.77. The molecule has 0 bridgehead atoms. The molecule has 0 amide bonds. The monoisotopic (exact) mass is 297 g/mol. The van der Waals surface area contributed by atoms with Crippen LogP contribution in [0.25, 0.3) is 0 Å². The summed E-state index contributed by atoms with van der Waals surface area (Å²) in [5, 5.41) is 0. The number of halogens is 1. The Morgan fingerprint density at radius 3 is 2.65 bits per heavy atom. The Morgan fingerprint density at radius 1 is 1.41 bits per heavy atom. The van der Waals surface area contributed by atoms with Gasteiger partial charge in [0, 0.05) is 30.2 Å². The molecular formula is C13H16BrNO2.